The Morgan fingerprint density at radius 3 is 2.68 bits per heavy atom. The van der Waals surface area contributed by atoms with E-state index in [4.69, 9.17) is 0 Å². The number of hydrazine groups is 1. The molecule has 2 aromatic rings. The molecule has 1 fully saturated rings. The van der Waals surface area contributed by atoms with Crippen molar-refractivity contribution in [3.8, 4) is 0 Å². The molecule has 2 heterocycles. The Hall–Kier alpha value is -2.21. The van der Waals surface area contributed by atoms with Gasteiger partial charge in [0.15, 0.2) is 0 Å². The van der Waals surface area contributed by atoms with Crippen LogP contribution in [-0.4, -0.2) is 27.9 Å². The van der Waals surface area contributed by atoms with E-state index in [2.05, 4.69) is 45.3 Å². The second-order valence-electron chi connectivity index (χ2n) is 4.29. The summed E-state index contributed by atoms with van der Waals surface area (Å²) in [5.41, 5.74) is 8.68. The van der Waals surface area contributed by atoms with Crippen LogP contribution < -0.4 is 10.9 Å². The average molecular weight is 259 g/mol. The highest BCUT2D eigenvalue weighted by Crippen LogP contribution is 2.10. The maximum atomic E-state index is 10.1. The van der Waals surface area contributed by atoms with Gasteiger partial charge < -0.3 is 0 Å². The third-order valence-corrected chi connectivity index (χ3v) is 2.80. The van der Waals surface area contributed by atoms with Crippen molar-refractivity contribution in [2.45, 2.75) is 19.8 Å². The Balaban J connectivity index is 0.000000186. The molecular formula is C13H17N5O. The molecule has 1 saturated heterocycles. The van der Waals surface area contributed by atoms with Crippen molar-refractivity contribution in [2.75, 3.05) is 6.54 Å². The zero-order chi connectivity index (χ0) is 13.5. The van der Waals surface area contributed by atoms with Gasteiger partial charge in [0.1, 0.15) is 0 Å². The number of aryl methyl sites for hydroxylation is 1. The third kappa shape index (κ3) is 4.18. The molecule has 0 spiro atoms. The van der Waals surface area contributed by atoms with Crippen LogP contribution in [0.15, 0.2) is 30.5 Å². The van der Waals surface area contributed by atoms with Crippen LogP contribution in [0, 0.1) is 6.92 Å². The van der Waals surface area contributed by atoms with E-state index in [1.807, 2.05) is 12.1 Å². The van der Waals surface area contributed by atoms with Crippen LogP contribution in [0.4, 0.5) is 0 Å². The minimum atomic E-state index is 0.0926. The van der Waals surface area contributed by atoms with E-state index in [0.717, 1.165) is 18.7 Å². The first-order valence-electron chi connectivity index (χ1n) is 6.16. The molecule has 0 aliphatic carbocycles. The Labute approximate surface area is 111 Å². The van der Waals surface area contributed by atoms with Gasteiger partial charge in [-0.05, 0) is 18.1 Å². The lowest BCUT2D eigenvalue weighted by molar-refractivity contribution is -0.119. The van der Waals surface area contributed by atoms with Crippen molar-refractivity contribution >= 4 is 5.91 Å². The maximum absolute atomic E-state index is 10.1. The lowest BCUT2D eigenvalue weighted by Gasteiger charge is -2.01. The van der Waals surface area contributed by atoms with E-state index in [9.17, 15) is 4.79 Å². The fraction of sp³-hybridized carbons (Fsp3) is 0.308. The molecule has 1 aromatic heterocycles. The minimum Gasteiger partial charge on any atom is -0.292 e. The lowest BCUT2D eigenvalue weighted by atomic mass is 10.0. The fourth-order valence-corrected chi connectivity index (χ4v) is 1.71. The van der Waals surface area contributed by atoms with Crippen LogP contribution in [-0.2, 0) is 11.2 Å². The molecule has 1 aliphatic heterocycles. The zero-order valence-electron chi connectivity index (χ0n) is 10.8. The smallest absolute Gasteiger partial charge is 0.235 e. The number of nitrogens with one attached hydrogen (secondary N) is 3. The van der Waals surface area contributed by atoms with Gasteiger partial charge in [-0.1, -0.05) is 24.3 Å². The van der Waals surface area contributed by atoms with Gasteiger partial charge in [0.2, 0.25) is 5.91 Å². The summed E-state index contributed by atoms with van der Waals surface area (Å²) in [6.45, 7) is 2.88. The highest BCUT2D eigenvalue weighted by atomic mass is 16.2. The molecule has 0 saturated carbocycles. The molecule has 100 valence electrons. The number of benzene rings is 1. The number of hydrogen-bond donors (Lipinski definition) is 3. The topological polar surface area (TPSA) is 82.7 Å². The molecule has 0 radical (unpaired) electrons. The molecule has 6 nitrogen and oxygen atoms in total. The number of amides is 1. The van der Waals surface area contributed by atoms with Gasteiger partial charge in [0.25, 0.3) is 0 Å². The summed E-state index contributed by atoms with van der Waals surface area (Å²) in [6.07, 6.45) is 3.23. The minimum absolute atomic E-state index is 0.0926. The van der Waals surface area contributed by atoms with E-state index in [1.165, 1.54) is 11.1 Å². The summed E-state index contributed by atoms with van der Waals surface area (Å²) < 4.78 is 0. The van der Waals surface area contributed by atoms with Crippen LogP contribution in [0.1, 0.15) is 23.2 Å². The number of carbonyl (C=O) groups excluding carboxylic acids is 1. The van der Waals surface area contributed by atoms with Crippen molar-refractivity contribution in [2.24, 2.45) is 0 Å². The summed E-state index contributed by atoms with van der Waals surface area (Å²) in [5.74, 6) is 0.0926. The number of rotatable bonds is 2. The Morgan fingerprint density at radius 1 is 1.32 bits per heavy atom. The summed E-state index contributed by atoms with van der Waals surface area (Å²) in [5, 5.41) is 10.4. The predicted molar refractivity (Wildman–Crippen MR) is 71.1 cm³/mol. The quantitative estimate of drug-likeness (QED) is 0.742. The van der Waals surface area contributed by atoms with Crippen LogP contribution >= 0.6 is 0 Å². The number of H-pyrrole nitrogens is 1. The summed E-state index contributed by atoms with van der Waals surface area (Å²) in [7, 11) is 0. The third-order valence-electron chi connectivity index (χ3n) is 2.80. The first-order valence-corrected chi connectivity index (χ1v) is 6.16. The normalized spacial score (nSPS) is 13.6. The molecule has 1 aromatic carbocycles. The van der Waals surface area contributed by atoms with E-state index in [1.54, 1.807) is 6.20 Å². The van der Waals surface area contributed by atoms with Crippen LogP contribution in [0.3, 0.4) is 0 Å². The monoisotopic (exact) mass is 259 g/mol. The van der Waals surface area contributed by atoms with Crippen molar-refractivity contribution in [3.63, 3.8) is 0 Å². The van der Waals surface area contributed by atoms with Gasteiger partial charge in [0.05, 0.1) is 11.9 Å². The molecular weight excluding hydrogens is 242 g/mol. The van der Waals surface area contributed by atoms with Gasteiger partial charge in [-0.15, -0.1) is 0 Å². The number of hydrogen-bond acceptors (Lipinski definition) is 4. The van der Waals surface area contributed by atoms with E-state index >= 15 is 0 Å². The van der Waals surface area contributed by atoms with Gasteiger partial charge >= 0.3 is 0 Å². The molecule has 0 atom stereocenters. The lowest BCUT2D eigenvalue weighted by Crippen LogP contribution is -2.25. The largest absolute Gasteiger partial charge is 0.292 e. The molecule has 3 N–H and O–H groups in total. The number of aromatic nitrogens is 3. The molecule has 1 aliphatic rings. The van der Waals surface area contributed by atoms with Gasteiger partial charge in [-0.2, -0.15) is 15.4 Å². The summed E-state index contributed by atoms with van der Waals surface area (Å²) in [4.78, 5) is 10.1. The molecule has 6 heteroatoms. The fourth-order valence-electron chi connectivity index (χ4n) is 1.71. The first-order chi connectivity index (χ1) is 9.25. The second-order valence-corrected chi connectivity index (χ2v) is 4.29. The van der Waals surface area contributed by atoms with Crippen molar-refractivity contribution in [1.82, 2.24) is 26.3 Å². The number of carbonyl (C=O) groups is 1. The van der Waals surface area contributed by atoms with Crippen LogP contribution in [0.25, 0.3) is 0 Å². The molecule has 0 bridgehead atoms. The average Bonchev–Trinajstić information content (AvgIpc) is 3.06. The summed E-state index contributed by atoms with van der Waals surface area (Å²) in [6, 6.07) is 8.31. The number of aromatic amines is 1. The number of nitrogens with zero attached hydrogens (tertiary/aromatic N) is 2. The molecule has 0 unspecified atom stereocenters. The van der Waals surface area contributed by atoms with Gasteiger partial charge in [-0.3, -0.25) is 10.2 Å². The Kier molecular flexibility index (Phi) is 4.63. The standard InChI is InChI=1S/C10H11N3.C3H6N2O/c1-8-4-2-3-5-9(8)6-10-7-11-13-12-10;6-3-1-2-4-5-3/h2-5,7H,6H2,1H3,(H,11,12,13);4H,1-2H2,(H,5,6). The Bertz CT molecular complexity index is 516. The highest BCUT2D eigenvalue weighted by Gasteiger charge is 2.04. The van der Waals surface area contributed by atoms with E-state index in [0.29, 0.717) is 6.42 Å². The van der Waals surface area contributed by atoms with Crippen LogP contribution in [0.5, 0.6) is 0 Å². The first kappa shape index (κ1) is 13.2. The van der Waals surface area contributed by atoms with E-state index in [-0.39, 0.29) is 5.91 Å². The molecule has 3 rings (SSSR count). The Morgan fingerprint density at radius 2 is 2.16 bits per heavy atom. The molecule has 1 amide bonds. The zero-order valence-corrected chi connectivity index (χ0v) is 10.8. The SMILES string of the molecule is Cc1ccccc1Cc1cn[nH]n1.O=C1CCNN1. The predicted octanol–water partition coefficient (Wildman–Crippen LogP) is 0.715. The molecule has 19 heavy (non-hydrogen) atoms. The van der Waals surface area contributed by atoms with Crippen LogP contribution in [0.2, 0.25) is 0 Å². The van der Waals surface area contributed by atoms with Crippen molar-refractivity contribution in [3.05, 3.63) is 47.3 Å². The van der Waals surface area contributed by atoms with E-state index < -0.39 is 0 Å². The van der Waals surface area contributed by atoms with Gasteiger partial charge in [-0.25, -0.2) is 5.43 Å². The summed E-state index contributed by atoms with van der Waals surface area (Å²) >= 11 is 0. The van der Waals surface area contributed by atoms with Crippen molar-refractivity contribution in [1.29, 1.82) is 0 Å². The second kappa shape index (κ2) is 6.65. The van der Waals surface area contributed by atoms with Crippen molar-refractivity contribution < 1.29 is 4.79 Å². The highest BCUT2D eigenvalue weighted by molar-refractivity contribution is 5.77. The maximum Gasteiger partial charge on any atom is 0.235 e. The van der Waals surface area contributed by atoms with Gasteiger partial charge in [0, 0.05) is 19.4 Å².